The summed E-state index contributed by atoms with van der Waals surface area (Å²) in [6.45, 7) is 7.48. The zero-order valence-electron chi connectivity index (χ0n) is 11.4. The fraction of sp³-hybridized carbons (Fsp3) is 0.312. The second kappa shape index (κ2) is 7.54. The summed E-state index contributed by atoms with van der Waals surface area (Å²) >= 11 is 0. The molecular weight excluding hydrogens is 240 g/mol. The van der Waals surface area contributed by atoms with E-state index in [9.17, 15) is 9.90 Å². The number of ketones is 1. The minimum atomic E-state index is -0.459. The van der Waals surface area contributed by atoms with Crippen LogP contribution in [0.4, 0.5) is 0 Å². The molecule has 0 heterocycles. The summed E-state index contributed by atoms with van der Waals surface area (Å²) in [6, 6.07) is 6.90. The van der Waals surface area contributed by atoms with E-state index in [4.69, 9.17) is 4.74 Å². The quantitative estimate of drug-likeness (QED) is 0.465. The molecule has 1 N–H and O–H groups in total. The summed E-state index contributed by atoms with van der Waals surface area (Å²) in [6.07, 6.45) is 3.47. The molecule has 0 bridgehead atoms. The first-order valence-electron chi connectivity index (χ1n) is 6.33. The van der Waals surface area contributed by atoms with Gasteiger partial charge in [0.1, 0.15) is 12.4 Å². The van der Waals surface area contributed by atoms with E-state index in [0.717, 1.165) is 0 Å². The number of hydrogen-bond donors (Lipinski definition) is 1. The van der Waals surface area contributed by atoms with E-state index in [0.29, 0.717) is 23.3 Å². The molecule has 1 atom stereocenters. The van der Waals surface area contributed by atoms with Gasteiger partial charge >= 0.3 is 0 Å². The van der Waals surface area contributed by atoms with Gasteiger partial charge in [0.2, 0.25) is 0 Å². The van der Waals surface area contributed by atoms with Gasteiger partial charge in [-0.15, -0.1) is 0 Å². The van der Waals surface area contributed by atoms with Gasteiger partial charge in [-0.1, -0.05) is 25.7 Å². The SMILES string of the molecule is C=C/C=C(\C)C(=O)c1ccc(OCC(O)CC)cc1. The third-order valence-corrected chi connectivity index (χ3v) is 2.76. The normalized spacial score (nSPS) is 12.9. The lowest BCUT2D eigenvalue weighted by Crippen LogP contribution is -2.16. The van der Waals surface area contributed by atoms with Crippen molar-refractivity contribution in [3.05, 3.63) is 54.1 Å². The highest BCUT2D eigenvalue weighted by molar-refractivity contribution is 6.08. The Labute approximate surface area is 114 Å². The number of carbonyl (C=O) groups is 1. The third kappa shape index (κ3) is 4.72. The van der Waals surface area contributed by atoms with Crippen molar-refractivity contribution in [3.63, 3.8) is 0 Å². The van der Waals surface area contributed by atoms with Gasteiger partial charge in [0.05, 0.1) is 6.10 Å². The summed E-state index contributed by atoms with van der Waals surface area (Å²) in [7, 11) is 0. The molecule has 1 rings (SSSR count). The molecule has 102 valence electrons. The Morgan fingerprint density at radius 2 is 2.05 bits per heavy atom. The molecule has 0 aliphatic heterocycles. The summed E-state index contributed by atoms with van der Waals surface area (Å²) in [5, 5.41) is 9.40. The highest BCUT2D eigenvalue weighted by Gasteiger charge is 2.08. The van der Waals surface area contributed by atoms with Crippen LogP contribution in [0.5, 0.6) is 5.75 Å². The molecule has 0 saturated carbocycles. The van der Waals surface area contributed by atoms with Crippen LogP contribution >= 0.6 is 0 Å². The lowest BCUT2D eigenvalue weighted by Gasteiger charge is -2.10. The molecule has 1 unspecified atom stereocenters. The topological polar surface area (TPSA) is 46.5 Å². The van der Waals surface area contributed by atoms with E-state index in [1.807, 2.05) is 6.92 Å². The van der Waals surface area contributed by atoms with Gasteiger partial charge in [0.15, 0.2) is 5.78 Å². The Balaban J connectivity index is 2.68. The maximum atomic E-state index is 12.0. The largest absolute Gasteiger partial charge is 0.491 e. The summed E-state index contributed by atoms with van der Waals surface area (Å²) in [4.78, 5) is 12.0. The first kappa shape index (κ1) is 15.2. The van der Waals surface area contributed by atoms with E-state index in [-0.39, 0.29) is 12.4 Å². The second-order valence-corrected chi connectivity index (χ2v) is 4.31. The lowest BCUT2D eigenvalue weighted by atomic mass is 10.0. The molecule has 1 aromatic carbocycles. The van der Waals surface area contributed by atoms with E-state index in [1.165, 1.54) is 0 Å². The molecule has 19 heavy (non-hydrogen) atoms. The van der Waals surface area contributed by atoms with E-state index < -0.39 is 6.10 Å². The zero-order valence-corrected chi connectivity index (χ0v) is 11.4. The molecule has 0 radical (unpaired) electrons. The van der Waals surface area contributed by atoms with Crippen LogP contribution in [-0.2, 0) is 0 Å². The standard InChI is InChI=1S/C16H20O3/c1-4-6-12(3)16(18)13-7-9-15(10-8-13)19-11-14(17)5-2/h4,6-10,14,17H,1,5,11H2,2-3H3/b12-6+. The lowest BCUT2D eigenvalue weighted by molar-refractivity contribution is 0.102. The Morgan fingerprint density at radius 1 is 1.42 bits per heavy atom. The van der Waals surface area contributed by atoms with E-state index in [1.54, 1.807) is 43.3 Å². The maximum Gasteiger partial charge on any atom is 0.188 e. The van der Waals surface area contributed by atoms with Crippen molar-refractivity contribution in [1.29, 1.82) is 0 Å². The van der Waals surface area contributed by atoms with Gasteiger partial charge in [-0.2, -0.15) is 0 Å². The van der Waals surface area contributed by atoms with E-state index in [2.05, 4.69) is 6.58 Å². The highest BCUT2D eigenvalue weighted by Crippen LogP contribution is 2.15. The van der Waals surface area contributed by atoms with Crippen molar-refractivity contribution in [2.45, 2.75) is 26.4 Å². The average Bonchev–Trinajstić information content (AvgIpc) is 2.44. The average molecular weight is 260 g/mol. The molecule has 0 aliphatic carbocycles. The van der Waals surface area contributed by atoms with Gasteiger partial charge in [-0.25, -0.2) is 0 Å². The van der Waals surface area contributed by atoms with Crippen molar-refractivity contribution in [3.8, 4) is 5.75 Å². The Kier molecular flexibility index (Phi) is 6.03. The second-order valence-electron chi connectivity index (χ2n) is 4.31. The number of aliphatic hydroxyl groups is 1. The molecule has 0 saturated heterocycles. The van der Waals surface area contributed by atoms with Crippen LogP contribution in [0.2, 0.25) is 0 Å². The number of Topliss-reactive ketones (excluding diaryl/α,β-unsaturated/α-hetero) is 1. The number of aliphatic hydroxyl groups excluding tert-OH is 1. The number of carbonyl (C=O) groups excluding carboxylic acids is 1. The predicted molar refractivity (Wildman–Crippen MR) is 76.5 cm³/mol. The number of benzene rings is 1. The van der Waals surface area contributed by atoms with Crippen molar-refractivity contribution >= 4 is 5.78 Å². The number of hydrogen-bond acceptors (Lipinski definition) is 3. The van der Waals surface area contributed by atoms with Crippen molar-refractivity contribution in [2.24, 2.45) is 0 Å². The zero-order chi connectivity index (χ0) is 14.3. The number of ether oxygens (including phenoxy) is 1. The van der Waals surface area contributed by atoms with Gasteiger partial charge < -0.3 is 9.84 Å². The van der Waals surface area contributed by atoms with Crippen LogP contribution in [0.25, 0.3) is 0 Å². The van der Waals surface area contributed by atoms with Gasteiger partial charge in [-0.3, -0.25) is 4.79 Å². The number of allylic oxidation sites excluding steroid dienone is 3. The maximum absolute atomic E-state index is 12.0. The molecule has 1 aromatic rings. The monoisotopic (exact) mass is 260 g/mol. The first-order chi connectivity index (χ1) is 9.08. The Bertz CT molecular complexity index is 457. The van der Waals surface area contributed by atoms with Crippen LogP contribution in [0, 0.1) is 0 Å². The Morgan fingerprint density at radius 3 is 2.58 bits per heavy atom. The smallest absolute Gasteiger partial charge is 0.188 e. The first-order valence-corrected chi connectivity index (χ1v) is 6.33. The van der Waals surface area contributed by atoms with Crippen molar-refractivity contribution < 1.29 is 14.6 Å². The molecule has 0 aromatic heterocycles. The molecule has 0 amide bonds. The highest BCUT2D eigenvalue weighted by atomic mass is 16.5. The van der Waals surface area contributed by atoms with Crippen LogP contribution in [-0.4, -0.2) is 23.6 Å². The van der Waals surface area contributed by atoms with Crippen molar-refractivity contribution in [1.82, 2.24) is 0 Å². The van der Waals surface area contributed by atoms with Crippen LogP contribution in [0.3, 0.4) is 0 Å². The third-order valence-electron chi connectivity index (χ3n) is 2.76. The fourth-order valence-electron chi connectivity index (χ4n) is 1.49. The Hall–Kier alpha value is -1.87. The van der Waals surface area contributed by atoms with Gasteiger partial charge in [0, 0.05) is 5.56 Å². The molecule has 3 heteroatoms. The molecule has 0 fully saturated rings. The van der Waals surface area contributed by atoms with Gasteiger partial charge in [0.25, 0.3) is 0 Å². The predicted octanol–water partition coefficient (Wildman–Crippen LogP) is 3.15. The van der Waals surface area contributed by atoms with E-state index >= 15 is 0 Å². The van der Waals surface area contributed by atoms with Crippen LogP contribution in [0.15, 0.2) is 48.6 Å². The van der Waals surface area contributed by atoms with Gasteiger partial charge in [-0.05, 0) is 43.2 Å². The molecule has 0 aliphatic rings. The molecular formula is C16H20O3. The number of rotatable bonds is 7. The van der Waals surface area contributed by atoms with Crippen LogP contribution < -0.4 is 4.74 Å². The van der Waals surface area contributed by atoms with Crippen LogP contribution in [0.1, 0.15) is 30.6 Å². The van der Waals surface area contributed by atoms with Crippen molar-refractivity contribution in [2.75, 3.05) is 6.61 Å². The summed E-state index contributed by atoms with van der Waals surface area (Å²) < 4.78 is 5.41. The summed E-state index contributed by atoms with van der Waals surface area (Å²) in [5.74, 6) is 0.620. The minimum absolute atomic E-state index is 0.0277. The molecule has 3 nitrogen and oxygen atoms in total. The summed E-state index contributed by atoms with van der Waals surface area (Å²) in [5.41, 5.74) is 1.25. The minimum Gasteiger partial charge on any atom is -0.491 e. The fourth-order valence-corrected chi connectivity index (χ4v) is 1.49. The molecule has 0 spiro atoms.